The first-order chi connectivity index (χ1) is 15.7. The number of carbonyl (C=O) groups excluding carboxylic acids is 2. The molecule has 4 rings (SSSR count). The molecule has 0 saturated carbocycles. The molecule has 0 atom stereocenters. The summed E-state index contributed by atoms with van der Waals surface area (Å²) in [5.74, 6) is 1.63. The Morgan fingerprint density at radius 2 is 1.88 bits per heavy atom. The van der Waals surface area contributed by atoms with E-state index in [0.29, 0.717) is 67.6 Å². The maximum atomic E-state index is 14.1. The number of pyridine rings is 2. The van der Waals surface area contributed by atoms with Gasteiger partial charge < -0.3 is 14.5 Å². The van der Waals surface area contributed by atoms with Gasteiger partial charge in [0.1, 0.15) is 18.1 Å². The number of hydrogen-bond acceptors (Lipinski definition) is 6. The highest BCUT2D eigenvalue weighted by atomic mass is 19.1. The molecule has 0 unspecified atom stereocenters. The Hall–Kier alpha value is -3.03. The third kappa shape index (κ3) is 4.70. The van der Waals surface area contributed by atoms with E-state index in [-0.39, 0.29) is 17.6 Å². The normalized spacial score (nSPS) is 17.5. The van der Waals surface area contributed by atoms with Crippen LogP contribution in [-0.4, -0.2) is 58.5 Å². The average molecular weight is 455 g/mol. The summed E-state index contributed by atoms with van der Waals surface area (Å²) in [4.78, 5) is 38.2. The first-order valence-corrected chi connectivity index (χ1v) is 11.6. The van der Waals surface area contributed by atoms with Crippen LogP contribution in [0.3, 0.4) is 0 Å². The fourth-order valence-electron chi connectivity index (χ4n) is 4.26. The average Bonchev–Trinajstić information content (AvgIpc) is 2.82. The number of amides is 1. The zero-order chi connectivity index (χ0) is 23.8. The van der Waals surface area contributed by atoms with Gasteiger partial charge in [0.25, 0.3) is 5.91 Å². The number of alkyl halides is 1. The minimum absolute atomic E-state index is 0.0837. The standard InChI is InChI=1S/C25H31FN4O3/c1-5-17-13-21(27-15-19(17)22(31)16(2)3)30-10-11-33-20-12-18(14-28-23(20)30)24(32)29-8-6-25(4,26)7-9-29/h12-16H,5-11H2,1-4H3. The number of Topliss-reactive ketones (excluding diaryl/α,β-unsaturated/α-hetero) is 1. The predicted octanol–water partition coefficient (Wildman–Crippen LogP) is 4.37. The summed E-state index contributed by atoms with van der Waals surface area (Å²) in [6.45, 7) is 9.14. The molecule has 8 heteroatoms. The third-order valence-electron chi connectivity index (χ3n) is 6.42. The summed E-state index contributed by atoms with van der Waals surface area (Å²) >= 11 is 0. The molecular formula is C25H31FN4O3. The topological polar surface area (TPSA) is 75.6 Å². The predicted molar refractivity (Wildman–Crippen MR) is 124 cm³/mol. The lowest BCUT2D eigenvalue weighted by Gasteiger charge is -2.34. The molecule has 2 aliphatic rings. The summed E-state index contributed by atoms with van der Waals surface area (Å²) in [7, 11) is 0. The lowest BCUT2D eigenvalue weighted by Crippen LogP contribution is -2.43. The second-order valence-electron chi connectivity index (χ2n) is 9.32. The molecule has 0 N–H and O–H groups in total. The van der Waals surface area contributed by atoms with Crippen molar-refractivity contribution in [2.45, 2.75) is 52.6 Å². The smallest absolute Gasteiger partial charge is 0.255 e. The number of nitrogens with zero attached hydrogens (tertiary/aromatic N) is 4. The molecule has 0 bridgehead atoms. The minimum Gasteiger partial charge on any atom is -0.488 e. The molecule has 2 aromatic rings. The maximum Gasteiger partial charge on any atom is 0.255 e. The Balaban J connectivity index is 1.59. The summed E-state index contributed by atoms with van der Waals surface area (Å²) in [6.07, 6.45) is 4.58. The Bertz CT molecular complexity index is 1060. The molecule has 7 nitrogen and oxygen atoms in total. The van der Waals surface area contributed by atoms with E-state index in [1.165, 1.54) is 0 Å². The van der Waals surface area contributed by atoms with Crippen molar-refractivity contribution in [3.8, 4) is 5.75 Å². The molecule has 176 valence electrons. The number of ether oxygens (including phenoxy) is 1. The molecule has 0 aliphatic carbocycles. The maximum absolute atomic E-state index is 14.1. The van der Waals surface area contributed by atoms with Gasteiger partial charge in [0.2, 0.25) is 0 Å². The zero-order valence-electron chi connectivity index (χ0n) is 19.7. The van der Waals surface area contributed by atoms with Crippen LogP contribution in [0.15, 0.2) is 24.5 Å². The molecule has 4 heterocycles. The van der Waals surface area contributed by atoms with Crippen LogP contribution in [0, 0.1) is 5.92 Å². The quantitative estimate of drug-likeness (QED) is 0.625. The van der Waals surface area contributed by atoms with Crippen molar-refractivity contribution in [2.24, 2.45) is 5.92 Å². The van der Waals surface area contributed by atoms with Crippen molar-refractivity contribution in [2.75, 3.05) is 31.1 Å². The molecule has 0 spiro atoms. The van der Waals surface area contributed by atoms with E-state index in [1.807, 2.05) is 31.7 Å². The van der Waals surface area contributed by atoms with E-state index >= 15 is 0 Å². The Morgan fingerprint density at radius 3 is 2.55 bits per heavy atom. The SMILES string of the molecule is CCc1cc(N2CCOc3cc(C(=O)N4CCC(C)(F)CC4)cnc32)ncc1C(=O)C(C)C. The number of fused-ring (bicyclic) bond motifs is 1. The number of likely N-dealkylation sites (tertiary alicyclic amines) is 1. The third-order valence-corrected chi connectivity index (χ3v) is 6.42. The second kappa shape index (κ2) is 9.08. The number of piperidine rings is 1. The van der Waals surface area contributed by atoms with Crippen LogP contribution < -0.4 is 9.64 Å². The van der Waals surface area contributed by atoms with Crippen molar-refractivity contribution in [1.82, 2.24) is 14.9 Å². The molecule has 0 aromatic carbocycles. The number of aryl methyl sites for hydroxylation is 1. The van der Waals surface area contributed by atoms with E-state index in [2.05, 4.69) is 9.97 Å². The van der Waals surface area contributed by atoms with Crippen molar-refractivity contribution in [3.63, 3.8) is 0 Å². The zero-order valence-corrected chi connectivity index (χ0v) is 19.7. The van der Waals surface area contributed by atoms with Gasteiger partial charge in [-0.05, 0) is 43.9 Å². The second-order valence-corrected chi connectivity index (χ2v) is 9.32. The van der Waals surface area contributed by atoms with Crippen LogP contribution in [0.5, 0.6) is 5.75 Å². The highest BCUT2D eigenvalue weighted by molar-refractivity contribution is 5.99. The molecule has 33 heavy (non-hydrogen) atoms. The highest BCUT2D eigenvalue weighted by Crippen LogP contribution is 2.36. The van der Waals surface area contributed by atoms with Crippen LogP contribution >= 0.6 is 0 Å². The van der Waals surface area contributed by atoms with E-state index < -0.39 is 5.67 Å². The van der Waals surface area contributed by atoms with Crippen molar-refractivity contribution in [3.05, 3.63) is 41.2 Å². The number of ketones is 1. The van der Waals surface area contributed by atoms with Crippen molar-refractivity contribution < 1.29 is 18.7 Å². The molecule has 0 radical (unpaired) electrons. The molecular weight excluding hydrogens is 423 g/mol. The molecule has 1 amide bonds. The van der Waals surface area contributed by atoms with Gasteiger partial charge in [0, 0.05) is 37.0 Å². The van der Waals surface area contributed by atoms with Crippen LogP contribution in [0.2, 0.25) is 0 Å². The van der Waals surface area contributed by atoms with Gasteiger partial charge in [0.15, 0.2) is 17.4 Å². The highest BCUT2D eigenvalue weighted by Gasteiger charge is 2.32. The summed E-state index contributed by atoms with van der Waals surface area (Å²) in [5.41, 5.74) is 0.819. The Morgan fingerprint density at radius 1 is 1.15 bits per heavy atom. The lowest BCUT2D eigenvalue weighted by molar-refractivity contribution is 0.0503. The van der Waals surface area contributed by atoms with Crippen LogP contribution in [-0.2, 0) is 6.42 Å². The summed E-state index contributed by atoms with van der Waals surface area (Å²) in [5, 5.41) is 0. The number of carbonyl (C=O) groups is 2. The number of aromatic nitrogens is 2. The molecule has 1 fully saturated rings. The molecule has 1 saturated heterocycles. The first-order valence-electron chi connectivity index (χ1n) is 11.6. The van der Waals surface area contributed by atoms with E-state index in [0.717, 1.165) is 12.0 Å². The van der Waals surface area contributed by atoms with E-state index in [4.69, 9.17) is 4.74 Å². The Kier molecular flexibility index (Phi) is 6.36. The molecule has 2 aromatic heterocycles. The summed E-state index contributed by atoms with van der Waals surface area (Å²) in [6, 6.07) is 3.64. The van der Waals surface area contributed by atoms with Crippen molar-refractivity contribution >= 4 is 23.3 Å². The first kappa shape index (κ1) is 23.1. The van der Waals surface area contributed by atoms with Gasteiger partial charge >= 0.3 is 0 Å². The van der Waals surface area contributed by atoms with E-state index in [1.54, 1.807) is 30.3 Å². The van der Waals surface area contributed by atoms with E-state index in [9.17, 15) is 14.0 Å². The lowest BCUT2D eigenvalue weighted by atomic mass is 9.95. The minimum atomic E-state index is -1.21. The van der Waals surface area contributed by atoms with Gasteiger partial charge in [0.05, 0.1) is 12.1 Å². The summed E-state index contributed by atoms with van der Waals surface area (Å²) < 4.78 is 19.9. The number of anilines is 2. The van der Waals surface area contributed by atoms with Crippen LogP contribution in [0.25, 0.3) is 0 Å². The fourth-order valence-corrected chi connectivity index (χ4v) is 4.26. The number of hydrogen-bond donors (Lipinski definition) is 0. The van der Waals surface area contributed by atoms with Crippen molar-refractivity contribution in [1.29, 1.82) is 0 Å². The van der Waals surface area contributed by atoms with Gasteiger partial charge in [-0.15, -0.1) is 0 Å². The van der Waals surface area contributed by atoms with Crippen LogP contribution in [0.1, 0.15) is 66.8 Å². The largest absolute Gasteiger partial charge is 0.488 e. The number of halogens is 1. The van der Waals surface area contributed by atoms with Gasteiger partial charge in [-0.3, -0.25) is 9.59 Å². The van der Waals surface area contributed by atoms with Gasteiger partial charge in [-0.25, -0.2) is 14.4 Å². The van der Waals surface area contributed by atoms with Gasteiger partial charge in [-0.1, -0.05) is 20.8 Å². The fraction of sp³-hybridized carbons (Fsp3) is 0.520. The number of rotatable bonds is 5. The van der Waals surface area contributed by atoms with Crippen LogP contribution in [0.4, 0.5) is 16.0 Å². The monoisotopic (exact) mass is 454 g/mol. The Labute approximate surface area is 194 Å². The molecule has 2 aliphatic heterocycles. The van der Waals surface area contributed by atoms with Gasteiger partial charge in [-0.2, -0.15) is 0 Å².